The van der Waals surface area contributed by atoms with Crippen LogP contribution >= 0.6 is 0 Å². The molecule has 2 aromatic rings. The Labute approximate surface area is 161 Å². The van der Waals surface area contributed by atoms with Gasteiger partial charge in [0, 0.05) is 5.56 Å². The molecule has 2 N–H and O–H groups in total. The second-order valence-corrected chi connectivity index (χ2v) is 5.54. The van der Waals surface area contributed by atoms with E-state index in [9.17, 15) is 31.5 Å². The summed E-state index contributed by atoms with van der Waals surface area (Å²) in [7, 11) is 1.23. The molecule has 29 heavy (non-hydrogen) atoms. The lowest BCUT2D eigenvalue weighted by atomic mass is 10.1. The lowest BCUT2D eigenvalue weighted by Crippen LogP contribution is -2.34. The highest BCUT2D eigenvalue weighted by Gasteiger charge is 2.28. The maximum atomic E-state index is 12.5. The summed E-state index contributed by atoms with van der Waals surface area (Å²) in [6, 6.07) is 8.89. The van der Waals surface area contributed by atoms with Crippen LogP contribution in [-0.2, 0) is 0 Å². The summed E-state index contributed by atoms with van der Waals surface area (Å²) in [5, 5.41) is 4.06. The first-order valence-corrected chi connectivity index (χ1v) is 7.99. The van der Waals surface area contributed by atoms with E-state index in [0.717, 1.165) is 6.07 Å². The van der Waals surface area contributed by atoms with Crippen LogP contribution in [0.3, 0.4) is 0 Å². The van der Waals surface area contributed by atoms with Gasteiger partial charge in [-0.1, -0.05) is 12.1 Å². The maximum Gasteiger partial charge on any atom is 0.405 e. The second kappa shape index (κ2) is 9.22. The Bertz CT molecular complexity index is 887. The van der Waals surface area contributed by atoms with Gasteiger partial charge >= 0.3 is 12.8 Å². The van der Waals surface area contributed by atoms with E-state index in [0.29, 0.717) is 0 Å². The Morgan fingerprint density at radius 1 is 1.03 bits per heavy atom. The molecule has 2 amide bonds. The SMILES string of the molecule is COc1ccc(C(=O)Nc2ccccc2C(=O)NCC(F)(F)F)cc1OC(F)F. The monoisotopic (exact) mass is 418 g/mol. The number of amides is 2. The molecular weight excluding hydrogens is 403 g/mol. The zero-order valence-electron chi connectivity index (χ0n) is 14.8. The average Bonchev–Trinajstić information content (AvgIpc) is 2.65. The molecule has 2 rings (SSSR count). The lowest BCUT2D eigenvalue weighted by Gasteiger charge is -2.14. The Morgan fingerprint density at radius 2 is 1.72 bits per heavy atom. The zero-order chi connectivity index (χ0) is 21.6. The van der Waals surface area contributed by atoms with Crippen LogP contribution in [0.2, 0.25) is 0 Å². The number of alkyl halides is 5. The summed E-state index contributed by atoms with van der Waals surface area (Å²) in [5.74, 6) is -2.27. The van der Waals surface area contributed by atoms with Crippen LogP contribution in [0, 0.1) is 0 Å². The van der Waals surface area contributed by atoms with Gasteiger partial charge in [0.1, 0.15) is 6.54 Å². The molecule has 6 nitrogen and oxygen atoms in total. The van der Waals surface area contributed by atoms with Gasteiger partial charge in [-0.05, 0) is 30.3 Å². The fraction of sp³-hybridized carbons (Fsp3) is 0.222. The molecule has 0 spiro atoms. The van der Waals surface area contributed by atoms with Crippen molar-refractivity contribution in [2.45, 2.75) is 12.8 Å². The van der Waals surface area contributed by atoms with E-state index >= 15 is 0 Å². The first kappa shape index (κ1) is 21.9. The number of anilines is 1. The number of carbonyl (C=O) groups is 2. The van der Waals surface area contributed by atoms with Crippen LogP contribution in [0.4, 0.5) is 27.6 Å². The first-order chi connectivity index (χ1) is 13.6. The third-order valence-electron chi connectivity index (χ3n) is 3.51. The Balaban J connectivity index is 2.22. The highest BCUT2D eigenvalue weighted by atomic mass is 19.4. The van der Waals surface area contributed by atoms with Crippen LogP contribution in [-0.4, -0.2) is 38.3 Å². The standard InChI is InChI=1S/C18H15F5N2O4/c1-28-13-7-6-10(8-14(13)29-17(19)20)15(26)25-12-5-3-2-4-11(12)16(27)24-9-18(21,22)23/h2-8,17H,9H2,1H3,(H,24,27)(H,25,26). The molecule has 0 aliphatic rings. The average molecular weight is 418 g/mol. The van der Waals surface area contributed by atoms with Crippen molar-refractivity contribution in [3.63, 3.8) is 0 Å². The zero-order valence-corrected chi connectivity index (χ0v) is 14.8. The van der Waals surface area contributed by atoms with E-state index < -0.39 is 31.1 Å². The van der Waals surface area contributed by atoms with Crippen LogP contribution in [0.5, 0.6) is 11.5 Å². The van der Waals surface area contributed by atoms with Gasteiger partial charge in [0.05, 0.1) is 18.4 Å². The second-order valence-electron chi connectivity index (χ2n) is 5.54. The van der Waals surface area contributed by atoms with E-state index in [2.05, 4.69) is 10.1 Å². The van der Waals surface area contributed by atoms with Gasteiger partial charge < -0.3 is 20.1 Å². The quantitative estimate of drug-likeness (QED) is 0.670. The summed E-state index contributed by atoms with van der Waals surface area (Å²) < 4.78 is 71.1. The fourth-order valence-electron chi connectivity index (χ4n) is 2.27. The van der Waals surface area contributed by atoms with Gasteiger partial charge in [0.15, 0.2) is 11.5 Å². The highest BCUT2D eigenvalue weighted by molar-refractivity contribution is 6.09. The number of nitrogens with one attached hydrogen (secondary N) is 2. The van der Waals surface area contributed by atoms with Crippen LogP contribution < -0.4 is 20.1 Å². The highest BCUT2D eigenvalue weighted by Crippen LogP contribution is 2.30. The summed E-state index contributed by atoms with van der Waals surface area (Å²) in [4.78, 5) is 24.4. The molecule has 0 aliphatic carbocycles. The number of halogens is 5. The molecule has 0 saturated heterocycles. The van der Waals surface area contributed by atoms with Crippen molar-refractivity contribution in [1.29, 1.82) is 0 Å². The largest absolute Gasteiger partial charge is 0.493 e. The fourth-order valence-corrected chi connectivity index (χ4v) is 2.27. The predicted octanol–water partition coefficient (Wildman–Crippen LogP) is 3.84. The molecule has 0 fully saturated rings. The summed E-state index contributed by atoms with van der Waals surface area (Å²) >= 11 is 0. The maximum absolute atomic E-state index is 12.5. The first-order valence-electron chi connectivity index (χ1n) is 7.99. The van der Waals surface area contributed by atoms with Crippen molar-refractivity contribution in [3.05, 3.63) is 53.6 Å². The minimum Gasteiger partial charge on any atom is -0.493 e. The molecule has 0 radical (unpaired) electrons. The van der Waals surface area contributed by atoms with E-state index in [1.807, 2.05) is 0 Å². The molecule has 0 saturated carbocycles. The van der Waals surface area contributed by atoms with Crippen molar-refractivity contribution < 1.29 is 41.0 Å². The summed E-state index contributed by atoms with van der Waals surface area (Å²) in [5.41, 5.74) is -0.376. The Morgan fingerprint density at radius 3 is 2.34 bits per heavy atom. The molecular formula is C18H15F5N2O4. The molecule has 0 bridgehead atoms. The van der Waals surface area contributed by atoms with Crippen molar-refractivity contribution in [2.75, 3.05) is 19.0 Å². The molecule has 0 aliphatic heterocycles. The van der Waals surface area contributed by atoms with E-state index in [4.69, 9.17) is 4.74 Å². The van der Waals surface area contributed by atoms with Crippen LogP contribution in [0.15, 0.2) is 42.5 Å². The number of para-hydroxylation sites is 1. The number of rotatable bonds is 7. The molecule has 0 unspecified atom stereocenters. The van der Waals surface area contributed by atoms with E-state index in [-0.39, 0.29) is 28.3 Å². The van der Waals surface area contributed by atoms with Crippen molar-refractivity contribution in [2.24, 2.45) is 0 Å². The normalized spacial score (nSPS) is 11.1. The predicted molar refractivity (Wildman–Crippen MR) is 92.4 cm³/mol. The number of hydrogen-bond donors (Lipinski definition) is 2. The number of methoxy groups -OCH3 is 1. The van der Waals surface area contributed by atoms with Gasteiger partial charge in [0.25, 0.3) is 11.8 Å². The van der Waals surface area contributed by atoms with E-state index in [1.165, 1.54) is 43.5 Å². The van der Waals surface area contributed by atoms with E-state index in [1.54, 1.807) is 5.32 Å². The topological polar surface area (TPSA) is 76.7 Å². The minimum absolute atomic E-state index is 0.0335. The van der Waals surface area contributed by atoms with Gasteiger partial charge in [-0.15, -0.1) is 0 Å². The molecule has 2 aromatic carbocycles. The van der Waals surface area contributed by atoms with Crippen LogP contribution in [0.1, 0.15) is 20.7 Å². The van der Waals surface area contributed by atoms with Crippen LogP contribution in [0.25, 0.3) is 0 Å². The molecule has 0 heterocycles. The Hall–Kier alpha value is -3.37. The third-order valence-corrected chi connectivity index (χ3v) is 3.51. The molecule has 0 aromatic heterocycles. The lowest BCUT2D eigenvalue weighted by molar-refractivity contribution is -0.123. The van der Waals surface area contributed by atoms with Crippen molar-refractivity contribution in [3.8, 4) is 11.5 Å². The number of hydrogen-bond acceptors (Lipinski definition) is 4. The number of carbonyl (C=O) groups excluding carboxylic acids is 2. The van der Waals surface area contributed by atoms with Gasteiger partial charge in [-0.3, -0.25) is 9.59 Å². The molecule has 0 atom stereocenters. The van der Waals surface area contributed by atoms with Gasteiger partial charge in [0.2, 0.25) is 0 Å². The van der Waals surface area contributed by atoms with Gasteiger partial charge in [-0.2, -0.15) is 22.0 Å². The molecule has 156 valence electrons. The third kappa shape index (κ3) is 6.33. The van der Waals surface area contributed by atoms with Gasteiger partial charge in [-0.25, -0.2) is 0 Å². The number of benzene rings is 2. The van der Waals surface area contributed by atoms with Crippen molar-refractivity contribution in [1.82, 2.24) is 5.32 Å². The smallest absolute Gasteiger partial charge is 0.405 e. The molecule has 11 heteroatoms. The summed E-state index contributed by atoms with van der Waals surface area (Å²) in [6.07, 6.45) is -4.60. The Kier molecular flexibility index (Phi) is 6.97. The van der Waals surface area contributed by atoms with Crippen molar-refractivity contribution >= 4 is 17.5 Å². The summed E-state index contributed by atoms with van der Waals surface area (Å²) in [6.45, 7) is -4.69. The number of ether oxygens (including phenoxy) is 2. The minimum atomic E-state index is -4.60.